The monoisotopic (exact) mass is 427 g/mol. The first-order valence-corrected chi connectivity index (χ1v) is 10.4. The van der Waals surface area contributed by atoms with Crippen molar-refractivity contribution in [2.24, 2.45) is 5.73 Å². The maximum atomic E-state index is 12.9. The number of carbonyl (C=O) groups is 3. The molecule has 0 fully saturated rings. The fourth-order valence-electron chi connectivity index (χ4n) is 3.37. The molecule has 0 saturated carbocycles. The number of amides is 2. The van der Waals surface area contributed by atoms with Gasteiger partial charge in [0.15, 0.2) is 5.13 Å². The normalized spacial score (nSPS) is 14.4. The number of para-hydroxylation sites is 1. The van der Waals surface area contributed by atoms with Gasteiger partial charge in [0.1, 0.15) is 11.7 Å². The second kappa shape index (κ2) is 8.25. The number of hydrogen-bond donors (Lipinski definition) is 4. The van der Waals surface area contributed by atoms with Gasteiger partial charge in [-0.1, -0.05) is 29.5 Å². The highest BCUT2D eigenvalue weighted by atomic mass is 32.1. The number of fused-ring (bicyclic) bond motifs is 2. The zero-order valence-electron chi connectivity index (χ0n) is 16.1. The Morgan fingerprint density at radius 3 is 2.90 bits per heavy atom. The number of carboxylic acid groups (broad SMARTS) is 1. The van der Waals surface area contributed by atoms with E-state index in [0.29, 0.717) is 30.3 Å². The van der Waals surface area contributed by atoms with Gasteiger partial charge < -0.3 is 26.0 Å². The molecule has 0 spiro atoms. The third-order valence-electron chi connectivity index (χ3n) is 5.02. The standard InChI is InChI=1S/C20H21N5O4S/c21-12(19(28)29)5-6-17(26)24-20-23-14-7-8-25(10-16(14)30-20)18(27)15-9-11-3-1-2-4-13(11)22-15/h1-4,9,12,22H,5-8,10,21H2,(H,28,29)(H,23,24,26)/t12-/m0/s1. The van der Waals surface area contributed by atoms with Gasteiger partial charge in [-0.05, 0) is 18.6 Å². The first-order chi connectivity index (χ1) is 14.4. The number of aromatic nitrogens is 2. The van der Waals surface area contributed by atoms with Crippen molar-refractivity contribution in [2.45, 2.75) is 31.8 Å². The van der Waals surface area contributed by atoms with Gasteiger partial charge in [0, 0.05) is 35.2 Å². The van der Waals surface area contributed by atoms with E-state index in [0.717, 1.165) is 21.5 Å². The Kier molecular flexibility index (Phi) is 5.51. The van der Waals surface area contributed by atoms with Crippen molar-refractivity contribution in [2.75, 3.05) is 11.9 Å². The molecule has 5 N–H and O–H groups in total. The van der Waals surface area contributed by atoms with Gasteiger partial charge in [-0.2, -0.15) is 0 Å². The summed E-state index contributed by atoms with van der Waals surface area (Å²) in [6.07, 6.45) is 0.666. The first kappa shape index (κ1) is 20.0. The molecule has 0 unspecified atom stereocenters. The highest BCUT2D eigenvalue weighted by Gasteiger charge is 2.26. The van der Waals surface area contributed by atoms with E-state index in [1.165, 1.54) is 11.3 Å². The van der Waals surface area contributed by atoms with Crippen LogP contribution in [0.15, 0.2) is 30.3 Å². The molecule has 1 aliphatic heterocycles. The number of benzene rings is 1. The Balaban J connectivity index is 1.39. The number of hydrogen-bond acceptors (Lipinski definition) is 6. The number of nitrogens with one attached hydrogen (secondary N) is 2. The summed E-state index contributed by atoms with van der Waals surface area (Å²) in [5.41, 5.74) is 7.76. The van der Waals surface area contributed by atoms with Gasteiger partial charge in [0.2, 0.25) is 5.91 Å². The molecule has 1 aromatic carbocycles. The lowest BCUT2D eigenvalue weighted by Gasteiger charge is -2.25. The SMILES string of the molecule is N[C@@H](CCC(=O)Nc1nc2c(s1)CN(C(=O)c1cc3ccccc3[nH]1)CC2)C(=O)O. The summed E-state index contributed by atoms with van der Waals surface area (Å²) in [6.45, 7) is 0.979. The van der Waals surface area contributed by atoms with E-state index in [2.05, 4.69) is 15.3 Å². The lowest BCUT2D eigenvalue weighted by molar-refractivity contribution is -0.138. The molecule has 3 heterocycles. The van der Waals surface area contributed by atoms with Crippen LogP contribution in [0.25, 0.3) is 10.9 Å². The Bertz CT molecular complexity index is 1090. The third-order valence-corrected chi connectivity index (χ3v) is 6.02. The van der Waals surface area contributed by atoms with Crippen LogP contribution < -0.4 is 11.1 Å². The number of nitrogens with two attached hydrogens (primary N) is 1. The Labute approximate surface area is 175 Å². The molecular formula is C20H21N5O4S. The zero-order chi connectivity index (χ0) is 21.3. The highest BCUT2D eigenvalue weighted by molar-refractivity contribution is 7.15. The van der Waals surface area contributed by atoms with E-state index < -0.39 is 12.0 Å². The van der Waals surface area contributed by atoms with Gasteiger partial charge in [-0.15, -0.1) is 0 Å². The first-order valence-electron chi connectivity index (χ1n) is 9.54. The van der Waals surface area contributed by atoms with Crippen LogP contribution in [0.2, 0.25) is 0 Å². The summed E-state index contributed by atoms with van der Waals surface area (Å²) in [7, 11) is 0. The molecule has 156 valence electrons. The average Bonchev–Trinajstić information content (AvgIpc) is 3.33. The minimum atomic E-state index is -1.13. The van der Waals surface area contributed by atoms with Crippen LogP contribution in [0.3, 0.4) is 0 Å². The minimum Gasteiger partial charge on any atom is -0.480 e. The smallest absolute Gasteiger partial charge is 0.320 e. The third kappa shape index (κ3) is 4.19. The molecule has 1 aliphatic rings. The average molecular weight is 427 g/mol. The summed E-state index contributed by atoms with van der Waals surface area (Å²) >= 11 is 1.33. The number of nitrogens with zero attached hydrogens (tertiary/aromatic N) is 2. The molecular weight excluding hydrogens is 406 g/mol. The van der Waals surface area contributed by atoms with Crippen molar-refractivity contribution in [1.29, 1.82) is 0 Å². The predicted octanol–water partition coefficient (Wildman–Crippen LogP) is 1.95. The molecule has 0 saturated heterocycles. The summed E-state index contributed by atoms with van der Waals surface area (Å²) in [4.78, 5) is 46.0. The molecule has 0 aliphatic carbocycles. The van der Waals surface area contributed by atoms with Crippen LogP contribution in [-0.2, 0) is 22.6 Å². The van der Waals surface area contributed by atoms with Crippen LogP contribution in [0, 0.1) is 0 Å². The fraction of sp³-hybridized carbons (Fsp3) is 0.300. The van der Waals surface area contributed by atoms with Gasteiger partial charge in [0.25, 0.3) is 5.91 Å². The number of aromatic amines is 1. The van der Waals surface area contributed by atoms with Gasteiger partial charge in [-0.25, -0.2) is 4.98 Å². The van der Waals surface area contributed by atoms with Crippen molar-refractivity contribution in [3.05, 3.63) is 46.6 Å². The molecule has 9 nitrogen and oxygen atoms in total. The lowest BCUT2D eigenvalue weighted by atomic mass is 10.1. The molecule has 2 amide bonds. The van der Waals surface area contributed by atoms with Crippen LogP contribution in [0.1, 0.15) is 33.9 Å². The molecule has 2 aromatic heterocycles. The predicted molar refractivity (Wildman–Crippen MR) is 112 cm³/mol. The Hall–Kier alpha value is -3.24. The largest absolute Gasteiger partial charge is 0.480 e. The van der Waals surface area contributed by atoms with Gasteiger partial charge in [-0.3, -0.25) is 14.4 Å². The van der Waals surface area contributed by atoms with E-state index in [1.54, 1.807) is 4.90 Å². The van der Waals surface area contributed by atoms with Crippen molar-refractivity contribution in [1.82, 2.24) is 14.9 Å². The van der Waals surface area contributed by atoms with Crippen molar-refractivity contribution < 1.29 is 19.5 Å². The molecule has 30 heavy (non-hydrogen) atoms. The maximum absolute atomic E-state index is 12.9. The fourth-order valence-corrected chi connectivity index (χ4v) is 4.41. The maximum Gasteiger partial charge on any atom is 0.320 e. The molecule has 1 atom stereocenters. The summed E-state index contributed by atoms with van der Waals surface area (Å²) in [6, 6.07) is 8.53. The van der Waals surface area contributed by atoms with E-state index in [9.17, 15) is 14.4 Å². The minimum absolute atomic E-state index is 0.00269. The second-order valence-electron chi connectivity index (χ2n) is 7.17. The Morgan fingerprint density at radius 1 is 1.33 bits per heavy atom. The molecule has 3 aromatic rings. The molecule has 4 rings (SSSR count). The summed E-state index contributed by atoms with van der Waals surface area (Å²) in [5.74, 6) is -1.53. The topological polar surface area (TPSA) is 141 Å². The lowest BCUT2D eigenvalue weighted by Crippen LogP contribution is -2.35. The van der Waals surface area contributed by atoms with Crippen LogP contribution >= 0.6 is 11.3 Å². The van der Waals surface area contributed by atoms with E-state index in [4.69, 9.17) is 10.8 Å². The number of anilines is 1. The number of rotatable bonds is 6. The number of H-pyrrole nitrogens is 1. The Morgan fingerprint density at radius 2 is 2.13 bits per heavy atom. The summed E-state index contributed by atoms with van der Waals surface area (Å²) in [5, 5.41) is 12.9. The number of carbonyl (C=O) groups excluding carboxylic acids is 2. The molecule has 0 radical (unpaired) electrons. The summed E-state index contributed by atoms with van der Waals surface area (Å²) < 4.78 is 0. The van der Waals surface area contributed by atoms with Crippen molar-refractivity contribution >= 4 is 45.2 Å². The van der Waals surface area contributed by atoms with E-state index >= 15 is 0 Å². The van der Waals surface area contributed by atoms with Gasteiger partial charge >= 0.3 is 5.97 Å². The quantitative estimate of drug-likeness (QED) is 0.474. The van der Waals surface area contributed by atoms with Crippen molar-refractivity contribution in [3.8, 4) is 0 Å². The molecule has 10 heteroatoms. The van der Waals surface area contributed by atoms with E-state index in [-0.39, 0.29) is 24.7 Å². The van der Waals surface area contributed by atoms with E-state index in [1.807, 2.05) is 30.3 Å². The highest BCUT2D eigenvalue weighted by Crippen LogP contribution is 2.29. The van der Waals surface area contributed by atoms with Crippen LogP contribution in [-0.4, -0.2) is 50.3 Å². The number of aliphatic carboxylic acids is 1. The number of carboxylic acids is 1. The van der Waals surface area contributed by atoms with Crippen LogP contribution in [0.4, 0.5) is 5.13 Å². The zero-order valence-corrected chi connectivity index (χ0v) is 16.9. The van der Waals surface area contributed by atoms with Crippen LogP contribution in [0.5, 0.6) is 0 Å². The molecule has 0 bridgehead atoms. The second-order valence-corrected chi connectivity index (χ2v) is 8.25. The van der Waals surface area contributed by atoms with Gasteiger partial charge in [0.05, 0.1) is 12.2 Å². The van der Waals surface area contributed by atoms with Crippen molar-refractivity contribution in [3.63, 3.8) is 0 Å². The number of thiazole rings is 1.